The molecule has 2 unspecified atom stereocenters. The molecule has 19 heavy (non-hydrogen) atoms. The molecule has 2 rings (SSSR count). The topological polar surface area (TPSA) is 29.3 Å². The first-order valence-electron chi connectivity index (χ1n) is 7.49. The van der Waals surface area contributed by atoms with Crippen LogP contribution in [-0.2, 0) is 0 Å². The molecule has 2 atom stereocenters. The zero-order chi connectivity index (χ0) is 14.3. The molecule has 1 saturated heterocycles. The van der Waals surface area contributed by atoms with Crippen molar-refractivity contribution in [3.8, 4) is 0 Å². The van der Waals surface area contributed by atoms with Crippen LogP contribution in [0.15, 0.2) is 30.3 Å². The predicted octanol–water partition coefficient (Wildman–Crippen LogP) is 3.69. The fourth-order valence-electron chi connectivity index (χ4n) is 2.45. The molecule has 0 aromatic heterocycles. The van der Waals surface area contributed by atoms with Gasteiger partial charge in [0.05, 0.1) is 0 Å². The first-order valence-corrected chi connectivity index (χ1v) is 7.49. The van der Waals surface area contributed by atoms with E-state index in [-0.39, 0.29) is 6.04 Å². The summed E-state index contributed by atoms with van der Waals surface area (Å²) in [5.41, 5.74) is 7.58. The Morgan fingerprint density at radius 3 is 2.26 bits per heavy atom. The molecule has 108 valence electrons. The van der Waals surface area contributed by atoms with Gasteiger partial charge >= 0.3 is 0 Å². The van der Waals surface area contributed by atoms with Crippen molar-refractivity contribution >= 4 is 0 Å². The molecule has 1 aromatic rings. The summed E-state index contributed by atoms with van der Waals surface area (Å²) in [6.45, 7) is 8.86. The maximum atomic E-state index is 6.31. The normalized spacial score (nSPS) is 21.7. The average molecular weight is 262 g/mol. The zero-order valence-electron chi connectivity index (χ0n) is 13.0. The highest BCUT2D eigenvalue weighted by Gasteiger charge is 2.23. The molecule has 2 nitrogen and oxygen atoms in total. The molecule has 1 fully saturated rings. The van der Waals surface area contributed by atoms with E-state index < -0.39 is 0 Å². The standard InChI is InChI=1S/C13H20N2.C4H10/c1-15-9-5-8-12(10-15)13(14)11-6-3-2-4-7-11;1-4(2)3/h2-4,6-7,12-13H,5,8-10,14H2,1H3;4H,1-3H3. The highest BCUT2D eigenvalue weighted by atomic mass is 15.1. The average Bonchev–Trinajstić information content (AvgIpc) is 2.38. The molecule has 2 N–H and O–H groups in total. The summed E-state index contributed by atoms with van der Waals surface area (Å²) in [6, 6.07) is 10.7. The molecular weight excluding hydrogens is 232 g/mol. The third kappa shape index (κ3) is 6.22. The fraction of sp³-hybridized carbons (Fsp3) is 0.647. The Morgan fingerprint density at radius 1 is 1.16 bits per heavy atom. The molecule has 0 bridgehead atoms. The summed E-state index contributed by atoms with van der Waals surface area (Å²) in [6.07, 6.45) is 2.54. The second-order valence-electron chi connectivity index (χ2n) is 6.33. The van der Waals surface area contributed by atoms with Gasteiger partial charge in [-0.15, -0.1) is 0 Å². The quantitative estimate of drug-likeness (QED) is 0.880. The number of nitrogens with two attached hydrogens (primary N) is 1. The summed E-state index contributed by atoms with van der Waals surface area (Å²) in [7, 11) is 2.18. The maximum absolute atomic E-state index is 6.31. The Balaban J connectivity index is 0.000000399. The van der Waals surface area contributed by atoms with E-state index in [0.29, 0.717) is 5.92 Å². The van der Waals surface area contributed by atoms with E-state index in [1.165, 1.54) is 24.9 Å². The van der Waals surface area contributed by atoms with Gasteiger partial charge in [0.1, 0.15) is 0 Å². The molecule has 1 aliphatic rings. The van der Waals surface area contributed by atoms with Gasteiger partial charge in [0.15, 0.2) is 0 Å². The van der Waals surface area contributed by atoms with Crippen LogP contribution in [-0.4, -0.2) is 25.0 Å². The Morgan fingerprint density at radius 2 is 1.74 bits per heavy atom. The van der Waals surface area contributed by atoms with Crippen molar-refractivity contribution in [3.05, 3.63) is 35.9 Å². The Bertz CT molecular complexity index is 332. The molecule has 1 aromatic carbocycles. The first-order chi connectivity index (χ1) is 9.00. The molecule has 0 amide bonds. The highest BCUT2D eigenvalue weighted by Crippen LogP contribution is 2.27. The SMILES string of the molecule is CC(C)C.CN1CCCC(C(N)c2ccccc2)C1. The van der Waals surface area contributed by atoms with Gasteiger partial charge in [-0.3, -0.25) is 0 Å². The van der Waals surface area contributed by atoms with E-state index >= 15 is 0 Å². The lowest BCUT2D eigenvalue weighted by atomic mass is 9.87. The second kappa shape index (κ2) is 8.34. The summed E-state index contributed by atoms with van der Waals surface area (Å²) in [5, 5.41) is 0. The van der Waals surface area contributed by atoms with Gasteiger partial charge in [-0.25, -0.2) is 0 Å². The maximum Gasteiger partial charge on any atom is 0.0335 e. The van der Waals surface area contributed by atoms with E-state index in [9.17, 15) is 0 Å². The molecule has 0 saturated carbocycles. The predicted molar refractivity (Wildman–Crippen MR) is 84.1 cm³/mol. The van der Waals surface area contributed by atoms with Crippen molar-refractivity contribution in [2.24, 2.45) is 17.6 Å². The van der Waals surface area contributed by atoms with E-state index in [1.807, 2.05) is 6.07 Å². The van der Waals surface area contributed by atoms with E-state index in [2.05, 4.69) is 57.0 Å². The highest BCUT2D eigenvalue weighted by molar-refractivity contribution is 5.19. The number of nitrogens with zero attached hydrogens (tertiary/aromatic N) is 1. The number of hydrogen-bond donors (Lipinski definition) is 1. The van der Waals surface area contributed by atoms with Crippen LogP contribution in [0, 0.1) is 11.8 Å². The fourth-order valence-corrected chi connectivity index (χ4v) is 2.45. The van der Waals surface area contributed by atoms with E-state index in [0.717, 1.165) is 12.5 Å². The van der Waals surface area contributed by atoms with Crippen LogP contribution in [0.5, 0.6) is 0 Å². The number of likely N-dealkylation sites (tertiary alicyclic amines) is 1. The van der Waals surface area contributed by atoms with Crippen LogP contribution >= 0.6 is 0 Å². The lowest BCUT2D eigenvalue weighted by Crippen LogP contribution is -2.37. The Labute approximate surface area is 119 Å². The van der Waals surface area contributed by atoms with E-state index in [4.69, 9.17) is 5.73 Å². The smallest absolute Gasteiger partial charge is 0.0335 e. The second-order valence-corrected chi connectivity index (χ2v) is 6.33. The van der Waals surface area contributed by atoms with Gasteiger partial charge < -0.3 is 10.6 Å². The molecular formula is C17H30N2. The van der Waals surface area contributed by atoms with Crippen LogP contribution in [0.2, 0.25) is 0 Å². The minimum atomic E-state index is 0.203. The minimum Gasteiger partial charge on any atom is -0.324 e. The molecule has 1 heterocycles. The van der Waals surface area contributed by atoms with Crippen molar-refractivity contribution in [1.82, 2.24) is 4.90 Å². The van der Waals surface area contributed by atoms with Gasteiger partial charge in [-0.05, 0) is 43.8 Å². The number of hydrogen-bond acceptors (Lipinski definition) is 2. The van der Waals surface area contributed by atoms with Gasteiger partial charge in [-0.1, -0.05) is 51.1 Å². The van der Waals surface area contributed by atoms with E-state index in [1.54, 1.807) is 0 Å². The molecule has 2 heteroatoms. The van der Waals surface area contributed by atoms with Crippen molar-refractivity contribution in [2.75, 3.05) is 20.1 Å². The minimum absolute atomic E-state index is 0.203. The third-order valence-electron chi connectivity index (χ3n) is 3.35. The van der Waals surface area contributed by atoms with Crippen LogP contribution in [0.4, 0.5) is 0 Å². The van der Waals surface area contributed by atoms with Gasteiger partial charge in [0, 0.05) is 12.6 Å². The monoisotopic (exact) mass is 262 g/mol. The van der Waals surface area contributed by atoms with Gasteiger partial charge in [-0.2, -0.15) is 0 Å². The largest absolute Gasteiger partial charge is 0.324 e. The van der Waals surface area contributed by atoms with Crippen LogP contribution in [0.1, 0.15) is 45.2 Å². The van der Waals surface area contributed by atoms with Gasteiger partial charge in [0.25, 0.3) is 0 Å². The Kier molecular flexibility index (Phi) is 7.11. The lowest BCUT2D eigenvalue weighted by Gasteiger charge is -2.33. The number of rotatable bonds is 2. The van der Waals surface area contributed by atoms with Gasteiger partial charge in [0.2, 0.25) is 0 Å². The van der Waals surface area contributed by atoms with Crippen molar-refractivity contribution in [3.63, 3.8) is 0 Å². The van der Waals surface area contributed by atoms with Crippen molar-refractivity contribution < 1.29 is 0 Å². The van der Waals surface area contributed by atoms with Crippen LogP contribution in [0.25, 0.3) is 0 Å². The first kappa shape index (κ1) is 16.2. The Hall–Kier alpha value is -0.860. The molecule has 0 aliphatic carbocycles. The molecule has 0 spiro atoms. The summed E-state index contributed by atoms with van der Waals surface area (Å²) < 4.78 is 0. The zero-order valence-corrected chi connectivity index (χ0v) is 13.0. The summed E-state index contributed by atoms with van der Waals surface area (Å²) in [4.78, 5) is 2.39. The van der Waals surface area contributed by atoms with Crippen LogP contribution in [0.3, 0.4) is 0 Å². The van der Waals surface area contributed by atoms with Crippen LogP contribution < -0.4 is 5.73 Å². The third-order valence-corrected chi connectivity index (χ3v) is 3.35. The van der Waals surface area contributed by atoms with Crippen molar-refractivity contribution in [1.29, 1.82) is 0 Å². The van der Waals surface area contributed by atoms with Crippen molar-refractivity contribution in [2.45, 2.75) is 39.7 Å². The lowest BCUT2D eigenvalue weighted by molar-refractivity contribution is 0.188. The molecule has 0 radical (unpaired) electrons. The summed E-state index contributed by atoms with van der Waals surface area (Å²) in [5.74, 6) is 1.45. The molecule has 1 aliphatic heterocycles. The number of piperidine rings is 1. The summed E-state index contributed by atoms with van der Waals surface area (Å²) >= 11 is 0. The number of benzene rings is 1.